The number of rotatable bonds is 1. The van der Waals surface area contributed by atoms with E-state index in [1.54, 1.807) is 6.07 Å². The fourth-order valence-corrected chi connectivity index (χ4v) is 1.29. The molecule has 0 saturated heterocycles. The zero-order chi connectivity index (χ0) is 7.40. The summed E-state index contributed by atoms with van der Waals surface area (Å²) in [6.07, 6.45) is 4.42. The van der Waals surface area contributed by atoms with Gasteiger partial charge in [-0.3, -0.25) is 4.79 Å². The van der Waals surface area contributed by atoms with Crippen molar-refractivity contribution in [3.05, 3.63) is 0 Å². The largest absolute Gasteiger partial charge is 0.341 e. The minimum absolute atomic E-state index is 0.271. The van der Waals surface area contributed by atoms with Crippen molar-refractivity contribution in [3.63, 3.8) is 0 Å². The standard InChI is InChI=1S/C7H10N2O/c8-5-7(10)9-6-3-1-2-4-6/h6H,1-4H2,(H,9,10). The van der Waals surface area contributed by atoms with E-state index in [0.717, 1.165) is 12.8 Å². The maximum absolute atomic E-state index is 10.5. The Labute approximate surface area is 60.0 Å². The number of carbonyl (C=O) groups is 1. The molecule has 0 atom stereocenters. The predicted molar refractivity (Wildman–Crippen MR) is 36.0 cm³/mol. The second kappa shape index (κ2) is 3.21. The average Bonchev–Trinajstić information content (AvgIpc) is 2.40. The van der Waals surface area contributed by atoms with Crippen molar-refractivity contribution in [2.45, 2.75) is 31.7 Å². The molecule has 3 nitrogen and oxygen atoms in total. The summed E-state index contributed by atoms with van der Waals surface area (Å²) in [6, 6.07) is 1.81. The summed E-state index contributed by atoms with van der Waals surface area (Å²) in [7, 11) is 0. The van der Waals surface area contributed by atoms with E-state index in [1.165, 1.54) is 12.8 Å². The SMILES string of the molecule is N#CC(=O)NC1CCCC1. The van der Waals surface area contributed by atoms with Crippen molar-refractivity contribution in [1.82, 2.24) is 5.32 Å². The Kier molecular flexibility index (Phi) is 2.27. The minimum Gasteiger partial charge on any atom is -0.341 e. The van der Waals surface area contributed by atoms with Gasteiger partial charge in [0.2, 0.25) is 0 Å². The van der Waals surface area contributed by atoms with Crippen LogP contribution in [0.3, 0.4) is 0 Å². The number of hydrogen-bond donors (Lipinski definition) is 1. The molecular weight excluding hydrogens is 128 g/mol. The van der Waals surface area contributed by atoms with Crippen molar-refractivity contribution < 1.29 is 4.79 Å². The van der Waals surface area contributed by atoms with E-state index < -0.39 is 5.91 Å². The van der Waals surface area contributed by atoms with E-state index >= 15 is 0 Å². The lowest BCUT2D eigenvalue weighted by molar-refractivity contribution is -0.116. The van der Waals surface area contributed by atoms with Gasteiger partial charge in [-0.2, -0.15) is 5.26 Å². The lowest BCUT2D eigenvalue weighted by atomic mass is 10.2. The van der Waals surface area contributed by atoms with E-state index in [-0.39, 0.29) is 6.04 Å². The second-order valence-electron chi connectivity index (χ2n) is 2.57. The lowest BCUT2D eigenvalue weighted by Gasteiger charge is -2.06. The Morgan fingerprint density at radius 2 is 2.10 bits per heavy atom. The van der Waals surface area contributed by atoms with Gasteiger partial charge in [-0.25, -0.2) is 0 Å². The van der Waals surface area contributed by atoms with Crippen LogP contribution in [0.4, 0.5) is 0 Å². The fourth-order valence-electron chi connectivity index (χ4n) is 1.29. The van der Waals surface area contributed by atoms with Crippen molar-refractivity contribution in [3.8, 4) is 6.07 Å². The Hall–Kier alpha value is -1.04. The minimum atomic E-state index is -0.494. The van der Waals surface area contributed by atoms with Crippen LogP contribution in [0.25, 0.3) is 0 Å². The molecule has 3 heteroatoms. The number of carbonyl (C=O) groups excluding carboxylic acids is 1. The van der Waals surface area contributed by atoms with Gasteiger partial charge >= 0.3 is 5.91 Å². The molecule has 1 amide bonds. The molecule has 1 aliphatic rings. The van der Waals surface area contributed by atoms with Crippen molar-refractivity contribution >= 4 is 5.91 Å². The van der Waals surface area contributed by atoms with Gasteiger partial charge in [0.05, 0.1) is 0 Å². The predicted octanol–water partition coefficient (Wildman–Crippen LogP) is 0.569. The average molecular weight is 138 g/mol. The Morgan fingerprint density at radius 3 is 2.60 bits per heavy atom. The van der Waals surface area contributed by atoms with Gasteiger partial charge in [-0.05, 0) is 12.8 Å². The first-order valence-electron chi connectivity index (χ1n) is 3.53. The number of nitrogens with zero attached hydrogens (tertiary/aromatic N) is 1. The molecule has 1 rings (SSSR count). The molecule has 0 aromatic rings. The van der Waals surface area contributed by atoms with Crippen LogP contribution in [-0.2, 0) is 4.79 Å². The molecule has 1 saturated carbocycles. The van der Waals surface area contributed by atoms with Gasteiger partial charge in [0, 0.05) is 6.04 Å². The molecule has 0 heterocycles. The van der Waals surface area contributed by atoms with Crippen molar-refractivity contribution in [1.29, 1.82) is 5.26 Å². The summed E-state index contributed by atoms with van der Waals surface area (Å²) < 4.78 is 0. The molecule has 0 bridgehead atoms. The summed E-state index contributed by atoms with van der Waals surface area (Å²) in [6.45, 7) is 0. The summed E-state index contributed by atoms with van der Waals surface area (Å²) in [5.74, 6) is -0.494. The fraction of sp³-hybridized carbons (Fsp3) is 0.714. The molecule has 0 aromatic heterocycles. The van der Waals surface area contributed by atoms with E-state index in [9.17, 15) is 4.79 Å². The molecule has 1 N–H and O–H groups in total. The molecule has 0 unspecified atom stereocenters. The summed E-state index contributed by atoms with van der Waals surface area (Å²) in [4.78, 5) is 10.5. The molecule has 54 valence electrons. The first kappa shape index (κ1) is 7.07. The van der Waals surface area contributed by atoms with Crippen LogP contribution < -0.4 is 5.32 Å². The van der Waals surface area contributed by atoms with Gasteiger partial charge in [0.1, 0.15) is 0 Å². The Bertz CT molecular complexity index is 165. The van der Waals surface area contributed by atoms with Crippen LogP contribution in [0.1, 0.15) is 25.7 Å². The first-order valence-corrected chi connectivity index (χ1v) is 3.53. The Balaban J connectivity index is 2.25. The number of nitrogens with one attached hydrogen (secondary N) is 1. The number of amides is 1. The Morgan fingerprint density at radius 1 is 1.50 bits per heavy atom. The third-order valence-electron chi connectivity index (χ3n) is 1.79. The second-order valence-corrected chi connectivity index (χ2v) is 2.57. The van der Waals surface area contributed by atoms with Crippen LogP contribution in [-0.4, -0.2) is 11.9 Å². The molecule has 0 spiro atoms. The zero-order valence-electron chi connectivity index (χ0n) is 5.76. The van der Waals surface area contributed by atoms with Gasteiger partial charge in [-0.15, -0.1) is 0 Å². The number of hydrogen-bond acceptors (Lipinski definition) is 2. The van der Waals surface area contributed by atoms with Crippen LogP contribution in [0, 0.1) is 11.3 Å². The zero-order valence-corrected chi connectivity index (χ0v) is 5.76. The highest BCUT2D eigenvalue weighted by Crippen LogP contribution is 2.17. The van der Waals surface area contributed by atoms with Crippen LogP contribution in [0.2, 0.25) is 0 Å². The molecule has 1 fully saturated rings. The van der Waals surface area contributed by atoms with Crippen LogP contribution in [0.5, 0.6) is 0 Å². The highest BCUT2D eigenvalue weighted by molar-refractivity contribution is 5.91. The maximum Gasteiger partial charge on any atom is 0.322 e. The molecule has 0 aliphatic heterocycles. The van der Waals surface area contributed by atoms with Gasteiger partial charge in [0.25, 0.3) is 0 Å². The van der Waals surface area contributed by atoms with E-state index in [2.05, 4.69) is 5.32 Å². The van der Waals surface area contributed by atoms with Crippen LogP contribution in [0.15, 0.2) is 0 Å². The van der Waals surface area contributed by atoms with Crippen molar-refractivity contribution in [2.75, 3.05) is 0 Å². The summed E-state index contributed by atoms with van der Waals surface area (Å²) in [5, 5.41) is 10.8. The first-order chi connectivity index (χ1) is 4.83. The van der Waals surface area contributed by atoms with Gasteiger partial charge < -0.3 is 5.32 Å². The topological polar surface area (TPSA) is 52.9 Å². The molecular formula is C7H10N2O. The molecule has 0 radical (unpaired) electrons. The van der Waals surface area contributed by atoms with Gasteiger partial charge in [0.15, 0.2) is 6.07 Å². The van der Waals surface area contributed by atoms with Gasteiger partial charge in [-0.1, -0.05) is 12.8 Å². The van der Waals surface area contributed by atoms with Crippen molar-refractivity contribution in [2.24, 2.45) is 0 Å². The summed E-state index contributed by atoms with van der Waals surface area (Å²) in [5.41, 5.74) is 0. The van der Waals surface area contributed by atoms with E-state index in [0.29, 0.717) is 0 Å². The third kappa shape index (κ3) is 1.73. The maximum atomic E-state index is 10.5. The highest BCUT2D eigenvalue weighted by atomic mass is 16.1. The molecule has 0 aromatic carbocycles. The molecule has 10 heavy (non-hydrogen) atoms. The van der Waals surface area contributed by atoms with E-state index in [1.807, 2.05) is 0 Å². The highest BCUT2D eigenvalue weighted by Gasteiger charge is 2.16. The quantitative estimate of drug-likeness (QED) is 0.538. The summed E-state index contributed by atoms with van der Waals surface area (Å²) >= 11 is 0. The van der Waals surface area contributed by atoms with E-state index in [4.69, 9.17) is 5.26 Å². The number of nitriles is 1. The van der Waals surface area contributed by atoms with Crippen LogP contribution >= 0.6 is 0 Å². The smallest absolute Gasteiger partial charge is 0.322 e. The normalized spacial score (nSPS) is 18.3. The monoisotopic (exact) mass is 138 g/mol. The lowest BCUT2D eigenvalue weighted by Crippen LogP contribution is -2.31. The third-order valence-corrected chi connectivity index (χ3v) is 1.79. The molecule has 1 aliphatic carbocycles.